The molecule has 8 rings (SSSR count). The predicted octanol–water partition coefficient (Wildman–Crippen LogP) is 5.64. The number of amides is 1. The third-order valence-electron chi connectivity index (χ3n) is 10.1. The number of H-pyrrole nitrogens is 1. The summed E-state index contributed by atoms with van der Waals surface area (Å²) in [7, 11) is 2.10. The van der Waals surface area contributed by atoms with E-state index in [9.17, 15) is 9.59 Å². The van der Waals surface area contributed by atoms with Crippen LogP contribution < -0.4 is 20.3 Å². The maximum absolute atomic E-state index is 16.1. The number of nitrogens with zero attached hydrogens (tertiary/aromatic N) is 5. The Morgan fingerprint density at radius 1 is 1.02 bits per heavy atom. The van der Waals surface area contributed by atoms with E-state index in [-0.39, 0.29) is 58.8 Å². The zero-order valence-electron chi connectivity index (χ0n) is 27.0. The van der Waals surface area contributed by atoms with Gasteiger partial charge in [-0.05, 0) is 51.1 Å². The quantitative estimate of drug-likeness (QED) is 0.282. The van der Waals surface area contributed by atoms with Crippen LogP contribution in [-0.2, 0) is 11.3 Å². The molecule has 1 aromatic heterocycles. The normalized spacial score (nSPS) is 22.3. The van der Waals surface area contributed by atoms with E-state index < -0.39 is 11.6 Å². The number of halogens is 3. The topological polar surface area (TPSA) is 107 Å². The van der Waals surface area contributed by atoms with Crippen LogP contribution in [0.25, 0.3) is 22.6 Å². The number of aromatic nitrogens is 2. The standard InChI is InChI=1S/C35H35Cl2FN6O5/c1-19-14-41(2)8-9-43(19)23-10-27(36)31(28(37)11-23)34(45)42-15-20-4-3-5-24(32(20)48-18-42)25-13-30(44-21-6-7-22(44)17-47-16-21)26(12-29(25)38)33-39-40-35(46)49-33/h3-5,10-13,19,21-22H,6-9,14-18H2,1-2H3,(H,40,46)/t19-,21?,22?/m1/s1. The number of aromatic amines is 1. The average molecular weight is 710 g/mol. The molecule has 2 bridgehead atoms. The molecule has 1 amide bonds. The second-order valence-electron chi connectivity index (χ2n) is 13.3. The highest BCUT2D eigenvalue weighted by molar-refractivity contribution is 6.40. The minimum Gasteiger partial charge on any atom is -0.472 e. The molecule has 0 saturated carbocycles. The number of fused-ring (bicyclic) bond motifs is 3. The molecule has 4 aliphatic rings. The molecule has 0 radical (unpaired) electrons. The predicted molar refractivity (Wildman–Crippen MR) is 184 cm³/mol. The molecule has 11 nitrogen and oxygen atoms in total. The summed E-state index contributed by atoms with van der Waals surface area (Å²) in [5.74, 6) is -1.11. The summed E-state index contributed by atoms with van der Waals surface area (Å²) in [6.07, 6.45) is 1.86. The second-order valence-corrected chi connectivity index (χ2v) is 14.1. The molecule has 256 valence electrons. The Hall–Kier alpha value is -4.10. The Kier molecular flexibility index (Phi) is 8.30. The third-order valence-corrected chi connectivity index (χ3v) is 10.7. The summed E-state index contributed by atoms with van der Waals surface area (Å²) in [4.78, 5) is 34.0. The minimum atomic E-state index is -0.719. The molecule has 14 heteroatoms. The summed E-state index contributed by atoms with van der Waals surface area (Å²) in [6, 6.07) is 12.7. The molecular weight excluding hydrogens is 674 g/mol. The average Bonchev–Trinajstić information content (AvgIpc) is 3.62. The lowest BCUT2D eigenvalue weighted by Gasteiger charge is -2.40. The van der Waals surface area contributed by atoms with Gasteiger partial charge in [-0.25, -0.2) is 14.3 Å². The monoisotopic (exact) mass is 708 g/mol. The second kappa shape index (κ2) is 12.7. The summed E-state index contributed by atoms with van der Waals surface area (Å²) >= 11 is 13.5. The van der Waals surface area contributed by atoms with Crippen LogP contribution >= 0.6 is 23.2 Å². The van der Waals surface area contributed by atoms with Gasteiger partial charge in [-0.2, -0.15) is 0 Å². The molecule has 0 spiro atoms. The first kappa shape index (κ1) is 32.1. The Labute approximate surface area is 292 Å². The van der Waals surface area contributed by atoms with Crippen LogP contribution in [0, 0.1) is 5.82 Å². The summed E-state index contributed by atoms with van der Waals surface area (Å²) in [5.41, 5.74) is 3.74. The van der Waals surface area contributed by atoms with Crippen molar-refractivity contribution in [3.05, 3.63) is 80.0 Å². The Bertz CT molecular complexity index is 1960. The maximum atomic E-state index is 16.1. The number of rotatable bonds is 5. The van der Waals surface area contributed by atoms with E-state index in [4.69, 9.17) is 37.1 Å². The van der Waals surface area contributed by atoms with Gasteiger partial charge in [0.2, 0.25) is 0 Å². The smallest absolute Gasteiger partial charge is 0.434 e. The van der Waals surface area contributed by atoms with E-state index in [0.717, 1.165) is 38.2 Å². The van der Waals surface area contributed by atoms with Crippen molar-refractivity contribution in [2.45, 2.75) is 44.4 Å². The molecule has 5 heterocycles. The van der Waals surface area contributed by atoms with Crippen molar-refractivity contribution in [2.24, 2.45) is 0 Å². The van der Waals surface area contributed by atoms with Crippen LogP contribution in [0.2, 0.25) is 10.0 Å². The molecule has 4 aromatic rings. The number of para-hydroxylation sites is 1. The van der Waals surface area contributed by atoms with Gasteiger partial charge >= 0.3 is 5.76 Å². The molecule has 1 N–H and O–H groups in total. The summed E-state index contributed by atoms with van der Waals surface area (Å²) < 4.78 is 33.4. The molecule has 3 atom stereocenters. The molecule has 3 fully saturated rings. The summed E-state index contributed by atoms with van der Waals surface area (Å²) in [6.45, 7) is 6.04. The number of nitrogens with one attached hydrogen (secondary N) is 1. The van der Waals surface area contributed by atoms with Crippen molar-refractivity contribution in [3.63, 3.8) is 0 Å². The lowest BCUT2D eigenvalue weighted by molar-refractivity contribution is 0.0516. The first-order chi connectivity index (χ1) is 23.7. The number of ether oxygens (including phenoxy) is 2. The SMILES string of the molecule is C[C@@H]1CN(C)CCN1c1cc(Cl)c(C(=O)N2COc3c(cccc3-c3cc(N4C5CCC4COC5)c(-c4n[nH]c(=O)o4)cc3F)C2)c(Cl)c1. The van der Waals surface area contributed by atoms with Gasteiger partial charge in [-0.15, -0.1) is 5.10 Å². The zero-order valence-corrected chi connectivity index (χ0v) is 28.6. The van der Waals surface area contributed by atoms with E-state index in [0.29, 0.717) is 46.9 Å². The first-order valence-electron chi connectivity index (χ1n) is 16.4. The first-order valence-corrected chi connectivity index (χ1v) is 17.2. The van der Waals surface area contributed by atoms with Gasteiger partial charge in [-0.3, -0.25) is 4.79 Å². The molecule has 3 aromatic carbocycles. The third kappa shape index (κ3) is 5.74. The van der Waals surface area contributed by atoms with Gasteiger partial charge in [0.05, 0.1) is 58.7 Å². The largest absolute Gasteiger partial charge is 0.472 e. The fraction of sp³-hybridized carbons (Fsp3) is 0.400. The Balaban J connectivity index is 1.11. The van der Waals surface area contributed by atoms with E-state index >= 15 is 4.39 Å². The molecule has 3 saturated heterocycles. The van der Waals surface area contributed by atoms with Crippen LogP contribution in [0.5, 0.6) is 5.75 Å². The van der Waals surface area contributed by atoms with Crippen LogP contribution in [-0.4, -0.2) is 90.7 Å². The number of piperazine rings is 1. The van der Waals surface area contributed by atoms with Gasteiger partial charge in [0, 0.05) is 48.1 Å². The highest BCUT2D eigenvalue weighted by Gasteiger charge is 2.40. The lowest BCUT2D eigenvalue weighted by atomic mass is 9.96. The van der Waals surface area contributed by atoms with Crippen molar-refractivity contribution in [1.82, 2.24) is 20.0 Å². The number of morpholine rings is 1. The minimum absolute atomic E-state index is 0.0141. The Morgan fingerprint density at radius 3 is 2.47 bits per heavy atom. The van der Waals surface area contributed by atoms with E-state index in [1.165, 1.54) is 11.0 Å². The van der Waals surface area contributed by atoms with Crippen LogP contribution in [0.4, 0.5) is 15.8 Å². The lowest BCUT2D eigenvalue weighted by Crippen LogP contribution is -2.50. The highest BCUT2D eigenvalue weighted by atomic mass is 35.5. The van der Waals surface area contributed by atoms with Crippen molar-refractivity contribution in [1.29, 1.82) is 0 Å². The number of hydrogen-bond donors (Lipinski definition) is 1. The Morgan fingerprint density at radius 2 is 1.78 bits per heavy atom. The molecule has 49 heavy (non-hydrogen) atoms. The van der Waals surface area contributed by atoms with Gasteiger partial charge in [0.15, 0.2) is 6.73 Å². The maximum Gasteiger partial charge on any atom is 0.434 e. The summed E-state index contributed by atoms with van der Waals surface area (Å²) in [5, 5.41) is 6.84. The molecular formula is C35H35Cl2FN6O5. The number of carbonyl (C=O) groups excluding carboxylic acids is 1. The van der Waals surface area contributed by atoms with Crippen LogP contribution in [0.1, 0.15) is 35.7 Å². The number of benzene rings is 3. The van der Waals surface area contributed by atoms with Crippen molar-refractivity contribution in [3.8, 4) is 28.3 Å². The number of anilines is 2. The number of hydrogen-bond acceptors (Lipinski definition) is 9. The van der Waals surface area contributed by atoms with E-state index in [2.05, 4.69) is 38.9 Å². The fourth-order valence-electron chi connectivity index (χ4n) is 7.75. The van der Waals surface area contributed by atoms with Crippen molar-refractivity contribution in [2.75, 3.05) is 56.4 Å². The van der Waals surface area contributed by atoms with E-state index in [1.54, 1.807) is 24.3 Å². The molecule has 2 unspecified atom stereocenters. The van der Waals surface area contributed by atoms with Gasteiger partial charge in [0.25, 0.3) is 11.8 Å². The fourth-order valence-corrected chi connectivity index (χ4v) is 8.38. The van der Waals surface area contributed by atoms with Gasteiger partial charge < -0.3 is 33.5 Å². The van der Waals surface area contributed by atoms with Gasteiger partial charge in [-0.1, -0.05) is 41.4 Å². The molecule has 4 aliphatic heterocycles. The van der Waals surface area contributed by atoms with Crippen LogP contribution in [0.3, 0.4) is 0 Å². The molecule has 0 aliphatic carbocycles. The van der Waals surface area contributed by atoms with Crippen LogP contribution in [0.15, 0.2) is 51.7 Å². The number of likely N-dealkylation sites (N-methyl/N-ethyl adjacent to an activating group) is 1. The van der Waals surface area contributed by atoms with Crippen molar-refractivity contribution >= 4 is 40.5 Å². The van der Waals surface area contributed by atoms with E-state index in [1.807, 2.05) is 12.1 Å². The number of carbonyl (C=O) groups is 1. The van der Waals surface area contributed by atoms with Crippen molar-refractivity contribution < 1.29 is 23.1 Å². The van der Waals surface area contributed by atoms with Gasteiger partial charge in [0.1, 0.15) is 11.6 Å². The highest BCUT2D eigenvalue weighted by Crippen LogP contribution is 2.45. The zero-order chi connectivity index (χ0) is 34.0.